The highest BCUT2D eigenvalue weighted by Crippen LogP contribution is 2.28. The Balaban J connectivity index is 1.97. The van der Waals surface area contributed by atoms with Crippen molar-refractivity contribution in [2.45, 2.75) is 33.1 Å². The Morgan fingerprint density at radius 3 is 2.75 bits per heavy atom. The van der Waals surface area contributed by atoms with Crippen molar-refractivity contribution in [1.29, 1.82) is 5.26 Å². The van der Waals surface area contributed by atoms with Gasteiger partial charge in [0.1, 0.15) is 6.07 Å². The molecule has 3 rings (SSSR count). The maximum atomic E-state index is 9.29. The van der Waals surface area contributed by atoms with Crippen LogP contribution in [0.15, 0.2) is 24.3 Å². The van der Waals surface area contributed by atoms with Crippen LogP contribution in [0.25, 0.3) is 0 Å². The van der Waals surface area contributed by atoms with E-state index in [-0.39, 0.29) is 0 Å². The van der Waals surface area contributed by atoms with Gasteiger partial charge in [-0.2, -0.15) is 5.26 Å². The van der Waals surface area contributed by atoms with E-state index in [1.165, 1.54) is 24.0 Å². The predicted octanol–water partition coefficient (Wildman–Crippen LogP) is 3.80. The second kappa shape index (κ2) is 4.97. The van der Waals surface area contributed by atoms with Gasteiger partial charge in [0, 0.05) is 11.4 Å². The number of rotatable bonds is 2. The van der Waals surface area contributed by atoms with Crippen LogP contribution in [0.2, 0.25) is 0 Å². The summed E-state index contributed by atoms with van der Waals surface area (Å²) in [7, 11) is 0. The maximum Gasteiger partial charge on any atom is 0.103 e. The van der Waals surface area contributed by atoms with Gasteiger partial charge in [-0.1, -0.05) is 6.07 Å². The lowest BCUT2D eigenvalue weighted by atomic mass is 10.1. The molecule has 3 heteroatoms. The Kier molecular flexibility index (Phi) is 3.15. The van der Waals surface area contributed by atoms with Crippen LogP contribution in [-0.4, -0.2) is 4.98 Å². The van der Waals surface area contributed by atoms with Crippen molar-refractivity contribution in [3.63, 3.8) is 0 Å². The van der Waals surface area contributed by atoms with E-state index in [9.17, 15) is 5.26 Å². The lowest BCUT2D eigenvalue weighted by Crippen LogP contribution is -2.00. The first-order valence-corrected chi connectivity index (χ1v) is 6.94. The van der Waals surface area contributed by atoms with E-state index in [0.717, 1.165) is 29.2 Å². The Morgan fingerprint density at radius 2 is 1.95 bits per heavy atom. The molecule has 0 bridgehead atoms. The van der Waals surface area contributed by atoms with E-state index in [1.54, 1.807) is 0 Å². The molecule has 1 heterocycles. The van der Waals surface area contributed by atoms with Crippen molar-refractivity contribution in [3.05, 3.63) is 52.3 Å². The number of nitrogens with one attached hydrogen (secondary N) is 1. The molecule has 0 amide bonds. The summed E-state index contributed by atoms with van der Waals surface area (Å²) < 4.78 is 0. The highest BCUT2D eigenvalue weighted by Gasteiger charge is 2.12. The first-order valence-electron chi connectivity index (χ1n) is 6.94. The van der Waals surface area contributed by atoms with Crippen molar-refractivity contribution in [3.8, 4) is 6.07 Å². The zero-order chi connectivity index (χ0) is 14.1. The van der Waals surface area contributed by atoms with E-state index in [1.807, 2.05) is 19.9 Å². The highest BCUT2D eigenvalue weighted by molar-refractivity contribution is 5.68. The van der Waals surface area contributed by atoms with Gasteiger partial charge in [-0.25, -0.2) is 0 Å². The third kappa shape index (κ3) is 2.25. The Bertz CT molecular complexity index is 711. The number of nitrogens with zero attached hydrogens (tertiary/aromatic N) is 2. The Hall–Kier alpha value is -2.34. The second-order valence-corrected chi connectivity index (χ2v) is 5.35. The molecule has 0 spiro atoms. The number of hydrogen-bond acceptors (Lipinski definition) is 3. The lowest BCUT2D eigenvalue weighted by molar-refractivity contribution is 0.912. The molecule has 0 saturated carbocycles. The molecule has 20 heavy (non-hydrogen) atoms. The molecule has 1 aliphatic rings. The summed E-state index contributed by atoms with van der Waals surface area (Å²) in [5.41, 5.74) is 7.09. The average Bonchev–Trinajstić information content (AvgIpc) is 2.85. The third-order valence-electron chi connectivity index (χ3n) is 3.82. The second-order valence-electron chi connectivity index (χ2n) is 5.35. The van der Waals surface area contributed by atoms with Crippen molar-refractivity contribution in [1.82, 2.24) is 4.98 Å². The molecule has 0 radical (unpaired) electrons. The van der Waals surface area contributed by atoms with Gasteiger partial charge in [-0.3, -0.25) is 4.98 Å². The quantitative estimate of drug-likeness (QED) is 0.896. The molecule has 0 unspecified atom stereocenters. The normalized spacial score (nSPS) is 12.8. The molecule has 0 atom stereocenters. The van der Waals surface area contributed by atoms with Gasteiger partial charge >= 0.3 is 0 Å². The fraction of sp³-hybridized carbons (Fsp3) is 0.294. The van der Waals surface area contributed by atoms with Crippen LogP contribution in [-0.2, 0) is 12.8 Å². The fourth-order valence-corrected chi connectivity index (χ4v) is 2.87. The largest absolute Gasteiger partial charge is 0.354 e. The van der Waals surface area contributed by atoms with Crippen LogP contribution in [0, 0.1) is 25.2 Å². The summed E-state index contributed by atoms with van der Waals surface area (Å²) in [5, 5.41) is 12.7. The highest BCUT2D eigenvalue weighted by atomic mass is 14.9. The summed E-state index contributed by atoms with van der Waals surface area (Å²) in [6, 6.07) is 10.7. The van der Waals surface area contributed by atoms with Gasteiger partial charge in [0.2, 0.25) is 0 Å². The van der Waals surface area contributed by atoms with E-state index in [2.05, 4.69) is 34.6 Å². The molecule has 3 nitrogen and oxygen atoms in total. The summed E-state index contributed by atoms with van der Waals surface area (Å²) in [6.07, 6.45) is 3.59. The molecule has 2 aromatic rings. The predicted molar refractivity (Wildman–Crippen MR) is 80.2 cm³/mol. The number of nitriles is 1. The summed E-state index contributed by atoms with van der Waals surface area (Å²) in [6.45, 7) is 3.82. The van der Waals surface area contributed by atoms with Crippen LogP contribution in [0.4, 0.5) is 11.4 Å². The van der Waals surface area contributed by atoms with Gasteiger partial charge < -0.3 is 5.32 Å². The molecule has 0 aliphatic heterocycles. The molecule has 1 aromatic carbocycles. The number of aryl methyl sites for hydroxylation is 4. The number of benzene rings is 1. The SMILES string of the molecule is Cc1cc(Nc2ccc3c(c2)CCC3)c(C#N)c(C)n1. The topological polar surface area (TPSA) is 48.7 Å². The van der Waals surface area contributed by atoms with Crippen LogP contribution in [0.5, 0.6) is 0 Å². The van der Waals surface area contributed by atoms with Crippen LogP contribution >= 0.6 is 0 Å². The average molecular weight is 263 g/mol. The van der Waals surface area contributed by atoms with Crippen molar-refractivity contribution >= 4 is 11.4 Å². The molecule has 0 saturated heterocycles. The molecule has 1 aromatic heterocycles. The molecule has 100 valence electrons. The molecular formula is C17H17N3. The zero-order valence-corrected chi connectivity index (χ0v) is 11.8. The van der Waals surface area contributed by atoms with Crippen LogP contribution in [0.1, 0.15) is 34.5 Å². The fourth-order valence-electron chi connectivity index (χ4n) is 2.87. The zero-order valence-electron chi connectivity index (χ0n) is 11.8. The minimum Gasteiger partial charge on any atom is -0.354 e. The van der Waals surface area contributed by atoms with Crippen molar-refractivity contribution in [2.75, 3.05) is 5.32 Å². The molecule has 1 N–H and O–H groups in total. The summed E-state index contributed by atoms with van der Waals surface area (Å²) in [5.74, 6) is 0. The number of fused-ring (bicyclic) bond motifs is 1. The van der Waals surface area contributed by atoms with Gasteiger partial charge in [-0.15, -0.1) is 0 Å². The van der Waals surface area contributed by atoms with E-state index >= 15 is 0 Å². The van der Waals surface area contributed by atoms with Gasteiger partial charge in [0.25, 0.3) is 0 Å². The number of anilines is 2. The molecular weight excluding hydrogens is 246 g/mol. The number of pyridine rings is 1. The monoisotopic (exact) mass is 263 g/mol. The maximum absolute atomic E-state index is 9.29. The molecule has 1 aliphatic carbocycles. The number of hydrogen-bond donors (Lipinski definition) is 1. The van der Waals surface area contributed by atoms with Crippen molar-refractivity contribution in [2.24, 2.45) is 0 Å². The first kappa shape index (κ1) is 12.7. The van der Waals surface area contributed by atoms with E-state index in [4.69, 9.17) is 0 Å². The standard InChI is InChI=1S/C17H17N3/c1-11-8-17(16(10-18)12(2)19-11)20-15-7-6-13-4-3-5-14(13)9-15/h6-9H,3-5H2,1-2H3,(H,19,20). The van der Waals surface area contributed by atoms with Gasteiger partial charge in [0.05, 0.1) is 16.9 Å². The summed E-state index contributed by atoms with van der Waals surface area (Å²) in [4.78, 5) is 4.34. The lowest BCUT2D eigenvalue weighted by Gasteiger charge is -2.12. The van der Waals surface area contributed by atoms with Crippen molar-refractivity contribution < 1.29 is 0 Å². The van der Waals surface area contributed by atoms with Crippen LogP contribution in [0.3, 0.4) is 0 Å². The van der Waals surface area contributed by atoms with E-state index in [0.29, 0.717) is 5.56 Å². The number of aromatic nitrogens is 1. The Morgan fingerprint density at radius 1 is 1.15 bits per heavy atom. The van der Waals surface area contributed by atoms with Gasteiger partial charge in [-0.05, 0) is 62.4 Å². The first-order chi connectivity index (χ1) is 9.67. The minimum absolute atomic E-state index is 0.621. The third-order valence-corrected chi connectivity index (χ3v) is 3.82. The van der Waals surface area contributed by atoms with Gasteiger partial charge in [0.15, 0.2) is 0 Å². The van der Waals surface area contributed by atoms with E-state index < -0.39 is 0 Å². The minimum atomic E-state index is 0.621. The Labute approximate surface area is 119 Å². The smallest absolute Gasteiger partial charge is 0.103 e. The summed E-state index contributed by atoms with van der Waals surface area (Å²) >= 11 is 0. The molecule has 0 fully saturated rings. The van der Waals surface area contributed by atoms with Crippen LogP contribution < -0.4 is 5.32 Å².